The summed E-state index contributed by atoms with van der Waals surface area (Å²) in [6, 6.07) is 3.74. The molecule has 0 unspecified atom stereocenters. The van der Waals surface area contributed by atoms with Crippen LogP contribution in [0.3, 0.4) is 0 Å². The van der Waals surface area contributed by atoms with Crippen LogP contribution in [0.2, 0.25) is 0 Å². The third kappa shape index (κ3) is 3.28. The van der Waals surface area contributed by atoms with Crippen molar-refractivity contribution < 1.29 is 4.79 Å². The molecule has 6 nitrogen and oxygen atoms in total. The van der Waals surface area contributed by atoms with Gasteiger partial charge in [0.15, 0.2) is 0 Å². The lowest BCUT2D eigenvalue weighted by Crippen LogP contribution is -2.36. The highest BCUT2D eigenvalue weighted by Gasteiger charge is 2.18. The molecule has 0 saturated carbocycles. The molecule has 110 valence electrons. The average Bonchev–Trinajstić information content (AvgIpc) is 3.04. The minimum atomic E-state index is -0.0992. The fourth-order valence-corrected chi connectivity index (χ4v) is 2.62. The predicted molar refractivity (Wildman–Crippen MR) is 79.7 cm³/mol. The first-order valence-electron chi connectivity index (χ1n) is 7.27. The maximum Gasteiger partial charge on any atom is 0.269 e. The summed E-state index contributed by atoms with van der Waals surface area (Å²) in [5.74, 6) is 0.459. The van der Waals surface area contributed by atoms with Gasteiger partial charge in [-0.1, -0.05) is 0 Å². The van der Waals surface area contributed by atoms with Crippen molar-refractivity contribution in [2.24, 2.45) is 5.92 Å². The molecule has 3 N–H and O–H groups in total. The highest BCUT2D eigenvalue weighted by Crippen LogP contribution is 2.21. The van der Waals surface area contributed by atoms with E-state index in [0.717, 1.165) is 43.6 Å². The van der Waals surface area contributed by atoms with E-state index >= 15 is 0 Å². The molecular formula is C15H19N5O. The molecule has 1 amide bonds. The van der Waals surface area contributed by atoms with Gasteiger partial charge in [-0.05, 0) is 49.5 Å². The van der Waals surface area contributed by atoms with Crippen molar-refractivity contribution in [2.75, 3.05) is 19.6 Å². The van der Waals surface area contributed by atoms with Gasteiger partial charge in [0.05, 0.1) is 6.20 Å². The quantitative estimate of drug-likeness (QED) is 0.788. The highest BCUT2D eigenvalue weighted by atomic mass is 16.1. The zero-order chi connectivity index (χ0) is 14.5. The van der Waals surface area contributed by atoms with Crippen LogP contribution in [0.1, 0.15) is 23.3 Å². The number of H-pyrrole nitrogens is 1. The maximum atomic E-state index is 12.3. The second kappa shape index (κ2) is 6.49. The second-order valence-corrected chi connectivity index (χ2v) is 5.30. The molecule has 0 aromatic carbocycles. The Morgan fingerprint density at radius 3 is 2.81 bits per heavy atom. The molecule has 6 heteroatoms. The Balaban J connectivity index is 1.66. The fraction of sp³-hybridized carbons (Fsp3) is 0.400. The highest BCUT2D eigenvalue weighted by molar-refractivity contribution is 5.98. The summed E-state index contributed by atoms with van der Waals surface area (Å²) in [5.41, 5.74) is 2.25. The first-order valence-corrected chi connectivity index (χ1v) is 7.27. The number of aromatic amines is 1. The van der Waals surface area contributed by atoms with Crippen molar-refractivity contribution in [3.05, 3.63) is 36.4 Å². The molecule has 0 atom stereocenters. The lowest BCUT2D eigenvalue weighted by Gasteiger charge is -2.22. The van der Waals surface area contributed by atoms with Crippen LogP contribution < -0.4 is 10.6 Å². The number of rotatable bonds is 4. The van der Waals surface area contributed by atoms with Gasteiger partial charge < -0.3 is 10.6 Å². The molecule has 3 heterocycles. The van der Waals surface area contributed by atoms with E-state index in [1.54, 1.807) is 18.6 Å². The van der Waals surface area contributed by atoms with E-state index in [1.165, 1.54) is 0 Å². The molecule has 0 spiro atoms. The van der Waals surface area contributed by atoms with Crippen LogP contribution in [0.4, 0.5) is 0 Å². The second-order valence-electron chi connectivity index (χ2n) is 5.30. The van der Waals surface area contributed by atoms with Gasteiger partial charge in [0, 0.05) is 24.5 Å². The smallest absolute Gasteiger partial charge is 0.269 e. The molecule has 1 fully saturated rings. The summed E-state index contributed by atoms with van der Waals surface area (Å²) in [7, 11) is 0. The zero-order valence-electron chi connectivity index (χ0n) is 11.8. The number of hydrogen-bond donors (Lipinski definition) is 3. The lowest BCUT2D eigenvalue weighted by molar-refractivity contribution is 0.0940. The molecule has 1 aliphatic heterocycles. The van der Waals surface area contributed by atoms with E-state index in [2.05, 4.69) is 25.8 Å². The van der Waals surface area contributed by atoms with Gasteiger partial charge in [0.1, 0.15) is 5.69 Å². The number of aromatic nitrogens is 3. The van der Waals surface area contributed by atoms with Gasteiger partial charge in [-0.3, -0.25) is 14.9 Å². The van der Waals surface area contributed by atoms with Gasteiger partial charge in [0.2, 0.25) is 0 Å². The fourth-order valence-electron chi connectivity index (χ4n) is 2.62. The van der Waals surface area contributed by atoms with Crippen molar-refractivity contribution in [2.45, 2.75) is 12.8 Å². The third-order valence-electron chi connectivity index (χ3n) is 3.87. The number of amides is 1. The Bertz CT molecular complexity index is 589. The summed E-state index contributed by atoms with van der Waals surface area (Å²) in [6.07, 6.45) is 7.31. The molecule has 2 aromatic heterocycles. The van der Waals surface area contributed by atoms with E-state index in [-0.39, 0.29) is 5.91 Å². The topological polar surface area (TPSA) is 82.7 Å². The van der Waals surface area contributed by atoms with Crippen LogP contribution in [0.25, 0.3) is 11.1 Å². The third-order valence-corrected chi connectivity index (χ3v) is 3.87. The number of hydrogen-bond acceptors (Lipinski definition) is 4. The largest absolute Gasteiger partial charge is 0.350 e. The van der Waals surface area contributed by atoms with Crippen molar-refractivity contribution in [1.82, 2.24) is 25.8 Å². The maximum absolute atomic E-state index is 12.3. The molecule has 1 aliphatic rings. The van der Waals surface area contributed by atoms with E-state index in [9.17, 15) is 4.79 Å². The minimum absolute atomic E-state index is 0.0992. The summed E-state index contributed by atoms with van der Waals surface area (Å²) in [4.78, 5) is 16.3. The zero-order valence-corrected chi connectivity index (χ0v) is 11.8. The lowest BCUT2D eigenvalue weighted by atomic mass is 9.98. The number of carbonyl (C=O) groups excluding carboxylic acids is 1. The Hall–Kier alpha value is -2.21. The van der Waals surface area contributed by atoms with Gasteiger partial charge in [-0.25, -0.2) is 0 Å². The van der Waals surface area contributed by atoms with Crippen LogP contribution in [0, 0.1) is 5.92 Å². The SMILES string of the molecule is O=C(NCC1CCNCC1)c1[nH]ncc1-c1ccncc1. The standard InChI is InChI=1S/C15H19N5O/c21-15(18-9-11-1-5-16-6-2-11)14-13(10-19-20-14)12-3-7-17-8-4-12/h3-4,7-8,10-11,16H,1-2,5-6,9H2,(H,18,21)(H,19,20). The van der Waals surface area contributed by atoms with Crippen LogP contribution in [-0.4, -0.2) is 40.7 Å². The monoisotopic (exact) mass is 285 g/mol. The van der Waals surface area contributed by atoms with Crippen LogP contribution in [0.15, 0.2) is 30.7 Å². The number of carbonyl (C=O) groups is 1. The Morgan fingerprint density at radius 2 is 2.05 bits per heavy atom. The van der Waals surface area contributed by atoms with Crippen molar-refractivity contribution in [3.8, 4) is 11.1 Å². The Labute approximate surface area is 123 Å². The predicted octanol–water partition coefficient (Wildman–Crippen LogP) is 1.20. The summed E-state index contributed by atoms with van der Waals surface area (Å²) in [6.45, 7) is 2.79. The van der Waals surface area contributed by atoms with Gasteiger partial charge in [-0.2, -0.15) is 5.10 Å². The Morgan fingerprint density at radius 1 is 1.29 bits per heavy atom. The van der Waals surface area contributed by atoms with Crippen LogP contribution >= 0.6 is 0 Å². The van der Waals surface area contributed by atoms with Gasteiger partial charge in [-0.15, -0.1) is 0 Å². The minimum Gasteiger partial charge on any atom is -0.350 e. The summed E-state index contributed by atoms with van der Waals surface area (Å²) >= 11 is 0. The summed E-state index contributed by atoms with van der Waals surface area (Å²) in [5, 5.41) is 13.1. The first-order chi connectivity index (χ1) is 10.3. The van der Waals surface area contributed by atoms with E-state index < -0.39 is 0 Å². The molecule has 3 rings (SSSR count). The Kier molecular flexibility index (Phi) is 4.25. The van der Waals surface area contributed by atoms with E-state index in [0.29, 0.717) is 11.6 Å². The molecule has 2 aromatic rings. The van der Waals surface area contributed by atoms with E-state index in [4.69, 9.17) is 0 Å². The first kappa shape index (κ1) is 13.8. The normalized spacial score (nSPS) is 15.8. The number of piperidine rings is 1. The van der Waals surface area contributed by atoms with Crippen molar-refractivity contribution >= 4 is 5.91 Å². The van der Waals surface area contributed by atoms with Gasteiger partial charge >= 0.3 is 0 Å². The van der Waals surface area contributed by atoms with Gasteiger partial charge in [0.25, 0.3) is 5.91 Å². The molecule has 0 bridgehead atoms. The molecule has 1 saturated heterocycles. The van der Waals surface area contributed by atoms with Crippen molar-refractivity contribution in [3.63, 3.8) is 0 Å². The molecule has 0 radical (unpaired) electrons. The number of nitrogens with zero attached hydrogens (tertiary/aromatic N) is 2. The number of pyridine rings is 1. The molecular weight excluding hydrogens is 266 g/mol. The average molecular weight is 285 g/mol. The molecule has 21 heavy (non-hydrogen) atoms. The van der Waals surface area contributed by atoms with Crippen LogP contribution in [-0.2, 0) is 0 Å². The summed E-state index contributed by atoms with van der Waals surface area (Å²) < 4.78 is 0. The van der Waals surface area contributed by atoms with E-state index in [1.807, 2.05) is 12.1 Å². The van der Waals surface area contributed by atoms with Crippen molar-refractivity contribution in [1.29, 1.82) is 0 Å². The number of nitrogens with one attached hydrogen (secondary N) is 3. The molecule has 0 aliphatic carbocycles. The van der Waals surface area contributed by atoms with Crippen LogP contribution in [0.5, 0.6) is 0 Å².